The maximum atomic E-state index is 10.3. The van der Waals surface area contributed by atoms with Crippen LogP contribution in [-0.4, -0.2) is 11.2 Å². The molecule has 0 heterocycles. The number of hydrogen-bond donors (Lipinski definition) is 1. The molecule has 0 aliphatic carbocycles. The van der Waals surface area contributed by atoms with Gasteiger partial charge in [0, 0.05) is 0 Å². The minimum Gasteiger partial charge on any atom is -0.392 e. The summed E-state index contributed by atoms with van der Waals surface area (Å²) in [4.78, 5) is 0. The third kappa shape index (κ3) is 3.71. The molecule has 0 aromatic heterocycles. The number of benzene rings is 2. The van der Waals surface area contributed by atoms with Crippen molar-refractivity contribution in [1.82, 2.24) is 0 Å². The van der Waals surface area contributed by atoms with E-state index in [1.165, 1.54) is 33.4 Å². The van der Waals surface area contributed by atoms with Gasteiger partial charge < -0.3 is 5.11 Å². The first-order valence-electron chi connectivity index (χ1n) is 7.26. The van der Waals surface area contributed by atoms with Gasteiger partial charge in [-0.15, -0.1) is 0 Å². The van der Waals surface area contributed by atoms with Gasteiger partial charge in [0.05, 0.1) is 6.10 Å². The van der Waals surface area contributed by atoms with E-state index in [0.717, 1.165) is 0 Å². The van der Waals surface area contributed by atoms with Crippen molar-refractivity contribution in [3.8, 4) is 0 Å². The average Bonchev–Trinajstić information content (AvgIpc) is 2.38. The zero-order valence-corrected chi connectivity index (χ0v) is 12.9. The second-order valence-corrected chi connectivity index (χ2v) is 5.90. The van der Waals surface area contributed by atoms with Crippen LogP contribution < -0.4 is 0 Å². The molecule has 0 fully saturated rings. The SMILES string of the molecule is Cc1ccc(CC(O)Cc2ccc(C)c(C)c2)cc1C. The van der Waals surface area contributed by atoms with E-state index in [2.05, 4.69) is 64.1 Å². The Hall–Kier alpha value is -1.60. The van der Waals surface area contributed by atoms with Gasteiger partial charge in [-0.3, -0.25) is 0 Å². The van der Waals surface area contributed by atoms with Crippen LogP contribution in [0.25, 0.3) is 0 Å². The maximum Gasteiger partial charge on any atom is 0.0620 e. The third-order valence-corrected chi connectivity index (χ3v) is 4.09. The third-order valence-electron chi connectivity index (χ3n) is 4.09. The predicted molar refractivity (Wildman–Crippen MR) is 85.2 cm³/mol. The molecule has 0 aliphatic heterocycles. The highest BCUT2D eigenvalue weighted by atomic mass is 16.3. The summed E-state index contributed by atoms with van der Waals surface area (Å²) in [6.07, 6.45) is 1.11. The monoisotopic (exact) mass is 268 g/mol. The Kier molecular flexibility index (Phi) is 4.61. The Labute approximate surface area is 122 Å². The van der Waals surface area contributed by atoms with Gasteiger partial charge in [-0.1, -0.05) is 36.4 Å². The zero-order chi connectivity index (χ0) is 14.7. The topological polar surface area (TPSA) is 20.2 Å². The highest BCUT2D eigenvalue weighted by Crippen LogP contribution is 2.15. The molecule has 1 N–H and O–H groups in total. The molecule has 1 nitrogen and oxygen atoms in total. The summed E-state index contributed by atoms with van der Waals surface area (Å²) in [6.45, 7) is 8.47. The number of aliphatic hydroxyl groups excluding tert-OH is 1. The average molecular weight is 268 g/mol. The fourth-order valence-corrected chi connectivity index (χ4v) is 2.48. The molecule has 0 amide bonds. The van der Waals surface area contributed by atoms with Crippen LogP contribution in [0.15, 0.2) is 36.4 Å². The van der Waals surface area contributed by atoms with E-state index in [0.29, 0.717) is 12.8 Å². The van der Waals surface area contributed by atoms with Crippen LogP contribution in [0.5, 0.6) is 0 Å². The fraction of sp³-hybridized carbons (Fsp3) is 0.368. The van der Waals surface area contributed by atoms with Gasteiger partial charge in [-0.25, -0.2) is 0 Å². The van der Waals surface area contributed by atoms with E-state index in [1.54, 1.807) is 0 Å². The van der Waals surface area contributed by atoms with Gasteiger partial charge >= 0.3 is 0 Å². The van der Waals surface area contributed by atoms with Gasteiger partial charge in [0.25, 0.3) is 0 Å². The molecular weight excluding hydrogens is 244 g/mol. The predicted octanol–water partition coefficient (Wildman–Crippen LogP) is 4.07. The first-order valence-corrected chi connectivity index (χ1v) is 7.26. The van der Waals surface area contributed by atoms with Crippen molar-refractivity contribution in [3.05, 3.63) is 69.8 Å². The lowest BCUT2D eigenvalue weighted by Gasteiger charge is -2.13. The first-order chi connectivity index (χ1) is 9.45. The molecule has 0 unspecified atom stereocenters. The molecule has 0 atom stereocenters. The Morgan fingerprint density at radius 3 is 1.45 bits per heavy atom. The molecule has 0 radical (unpaired) electrons. The van der Waals surface area contributed by atoms with Crippen molar-refractivity contribution >= 4 is 0 Å². The van der Waals surface area contributed by atoms with E-state index in [9.17, 15) is 5.11 Å². The maximum absolute atomic E-state index is 10.3. The molecule has 2 aromatic carbocycles. The van der Waals surface area contributed by atoms with Crippen LogP contribution in [0.2, 0.25) is 0 Å². The molecule has 1 heteroatoms. The molecule has 0 saturated carbocycles. The van der Waals surface area contributed by atoms with Crippen molar-refractivity contribution < 1.29 is 5.11 Å². The largest absolute Gasteiger partial charge is 0.392 e. The Balaban J connectivity index is 2.02. The lowest BCUT2D eigenvalue weighted by Crippen LogP contribution is -2.14. The van der Waals surface area contributed by atoms with Gasteiger partial charge in [-0.05, 0) is 73.9 Å². The van der Waals surface area contributed by atoms with E-state index in [-0.39, 0.29) is 6.10 Å². The second kappa shape index (κ2) is 6.23. The molecule has 0 spiro atoms. The first kappa shape index (κ1) is 14.8. The van der Waals surface area contributed by atoms with Gasteiger partial charge in [0.2, 0.25) is 0 Å². The fourth-order valence-electron chi connectivity index (χ4n) is 2.48. The highest BCUT2D eigenvalue weighted by Gasteiger charge is 2.08. The quantitative estimate of drug-likeness (QED) is 0.886. The number of aliphatic hydroxyl groups is 1. The summed E-state index contributed by atoms with van der Waals surface area (Å²) in [7, 11) is 0. The van der Waals surface area contributed by atoms with Crippen LogP contribution in [0.1, 0.15) is 33.4 Å². The molecule has 0 bridgehead atoms. The molecule has 20 heavy (non-hydrogen) atoms. The van der Waals surface area contributed by atoms with E-state index >= 15 is 0 Å². The van der Waals surface area contributed by atoms with Gasteiger partial charge in [-0.2, -0.15) is 0 Å². The lowest BCUT2D eigenvalue weighted by molar-refractivity contribution is 0.175. The van der Waals surface area contributed by atoms with Crippen molar-refractivity contribution in [2.45, 2.75) is 46.6 Å². The highest BCUT2D eigenvalue weighted by molar-refractivity contribution is 5.32. The van der Waals surface area contributed by atoms with Crippen LogP contribution in [-0.2, 0) is 12.8 Å². The molecule has 106 valence electrons. The second-order valence-electron chi connectivity index (χ2n) is 5.90. The van der Waals surface area contributed by atoms with Gasteiger partial charge in [0.15, 0.2) is 0 Å². The molecule has 2 rings (SSSR count). The number of hydrogen-bond acceptors (Lipinski definition) is 1. The van der Waals surface area contributed by atoms with Gasteiger partial charge in [0.1, 0.15) is 0 Å². The van der Waals surface area contributed by atoms with E-state index < -0.39 is 0 Å². The summed E-state index contributed by atoms with van der Waals surface area (Å²) < 4.78 is 0. The summed E-state index contributed by atoms with van der Waals surface area (Å²) in [5.74, 6) is 0. The summed E-state index contributed by atoms with van der Waals surface area (Å²) >= 11 is 0. The minimum absolute atomic E-state index is 0.320. The van der Waals surface area contributed by atoms with Crippen molar-refractivity contribution in [2.75, 3.05) is 0 Å². The summed E-state index contributed by atoms with van der Waals surface area (Å²) in [5, 5.41) is 10.3. The Morgan fingerprint density at radius 2 is 1.10 bits per heavy atom. The summed E-state index contributed by atoms with van der Waals surface area (Å²) in [5.41, 5.74) is 7.62. The van der Waals surface area contributed by atoms with Crippen molar-refractivity contribution in [2.24, 2.45) is 0 Å². The molecule has 0 aliphatic rings. The molecule has 2 aromatic rings. The summed E-state index contributed by atoms with van der Waals surface area (Å²) in [6, 6.07) is 12.9. The van der Waals surface area contributed by atoms with Crippen LogP contribution >= 0.6 is 0 Å². The van der Waals surface area contributed by atoms with E-state index in [4.69, 9.17) is 0 Å². The minimum atomic E-state index is -0.320. The van der Waals surface area contributed by atoms with Crippen LogP contribution in [0, 0.1) is 27.7 Å². The van der Waals surface area contributed by atoms with Crippen LogP contribution in [0.3, 0.4) is 0 Å². The number of aryl methyl sites for hydroxylation is 4. The van der Waals surface area contributed by atoms with Crippen LogP contribution in [0.4, 0.5) is 0 Å². The zero-order valence-electron chi connectivity index (χ0n) is 12.9. The number of rotatable bonds is 4. The Morgan fingerprint density at radius 1 is 0.700 bits per heavy atom. The lowest BCUT2D eigenvalue weighted by atomic mass is 9.97. The smallest absolute Gasteiger partial charge is 0.0620 e. The van der Waals surface area contributed by atoms with Crippen molar-refractivity contribution in [3.63, 3.8) is 0 Å². The standard InChI is InChI=1S/C19H24O/c1-13-5-7-17(9-15(13)3)11-19(20)12-18-8-6-14(2)16(4)10-18/h5-10,19-20H,11-12H2,1-4H3. The Bertz CT molecular complexity index is 545. The molecular formula is C19H24O. The normalized spacial score (nSPS) is 11.1. The molecule has 0 saturated heterocycles. The van der Waals surface area contributed by atoms with Crippen molar-refractivity contribution in [1.29, 1.82) is 0 Å². The van der Waals surface area contributed by atoms with E-state index in [1.807, 2.05) is 0 Å².